The molecule has 0 aliphatic rings. The molecule has 2 amide bonds. The second-order valence-electron chi connectivity index (χ2n) is 2.94. The minimum atomic E-state index is -0.407. The maximum atomic E-state index is 9.85. The first-order chi connectivity index (χ1) is 7.06. The standard InChI is InChI=1S/C7H14.C3H8N2O.C2H6/c1-3-5-7-6-4-2;1-5(2)3(4)6;1-2/h3,5H,4,6-7H2,1-2H3;1-2H3,(H2,4,6);1-2H3/b5-3+;;. The lowest BCUT2D eigenvalue weighted by atomic mass is 10.2. The maximum Gasteiger partial charge on any atom is 0.314 e. The van der Waals surface area contributed by atoms with Gasteiger partial charge in [0.1, 0.15) is 0 Å². The molecule has 0 aromatic carbocycles. The van der Waals surface area contributed by atoms with E-state index in [9.17, 15) is 4.79 Å². The molecule has 0 rings (SSSR count). The molecule has 0 atom stereocenters. The Bertz CT molecular complexity index is 143. The van der Waals surface area contributed by atoms with Gasteiger partial charge in [-0.1, -0.05) is 45.8 Å². The molecular weight excluding hydrogens is 188 g/mol. The van der Waals surface area contributed by atoms with Crippen LogP contribution < -0.4 is 5.73 Å². The largest absolute Gasteiger partial charge is 0.352 e. The highest BCUT2D eigenvalue weighted by molar-refractivity contribution is 5.71. The summed E-state index contributed by atoms with van der Waals surface area (Å²) in [6, 6.07) is -0.407. The van der Waals surface area contributed by atoms with Gasteiger partial charge in [-0.05, 0) is 13.3 Å². The molecule has 3 nitrogen and oxygen atoms in total. The van der Waals surface area contributed by atoms with Crippen molar-refractivity contribution in [2.45, 2.75) is 47.0 Å². The molecule has 0 saturated heterocycles. The number of carbonyl (C=O) groups is 1. The Kier molecular flexibility index (Phi) is 24.4. The van der Waals surface area contributed by atoms with Gasteiger partial charge in [0.25, 0.3) is 0 Å². The molecule has 0 radical (unpaired) electrons. The Labute approximate surface area is 95.3 Å². The van der Waals surface area contributed by atoms with Gasteiger partial charge in [-0.3, -0.25) is 0 Å². The van der Waals surface area contributed by atoms with Gasteiger partial charge in [0, 0.05) is 14.1 Å². The van der Waals surface area contributed by atoms with Crippen LogP contribution in [0.15, 0.2) is 12.2 Å². The number of nitrogens with two attached hydrogens (primary N) is 1. The van der Waals surface area contributed by atoms with Gasteiger partial charge >= 0.3 is 6.03 Å². The predicted molar refractivity (Wildman–Crippen MR) is 69.0 cm³/mol. The summed E-state index contributed by atoms with van der Waals surface area (Å²) in [6.07, 6.45) is 8.22. The third-order valence-electron chi connectivity index (χ3n) is 1.40. The fraction of sp³-hybridized carbons (Fsp3) is 0.750. The van der Waals surface area contributed by atoms with Gasteiger partial charge in [-0.2, -0.15) is 0 Å². The van der Waals surface area contributed by atoms with Gasteiger partial charge in [-0.25, -0.2) is 4.79 Å². The van der Waals surface area contributed by atoms with Crippen LogP contribution in [0.4, 0.5) is 4.79 Å². The van der Waals surface area contributed by atoms with E-state index in [1.807, 2.05) is 13.8 Å². The number of hydrogen-bond donors (Lipinski definition) is 1. The zero-order valence-corrected chi connectivity index (χ0v) is 11.2. The second-order valence-corrected chi connectivity index (χ2v) is 2.94. The number of rotatable bonds is 3. The zero-order valence-electron chi connectivity index (χ0n) is 11.2. The average Bonchev–Trinajstić information content (AvgIpc) is 2.22. The normalized spacial score (nSPS) is 8.40. The number of unbranched alkanes of at least 4 members (excludes halogenated alkanes) is 2. The van der Waals surface area contributed by atoms with Gasteiger partial charge in [0.05, 0.1) is 0 Å². The van der Waals surface area contributed by atoms with Crippen molar-refractivity contribution in [3.63, 3.8) is 0 Å². The van der Waals surface area contributed by atoms with Crippen molar-refractivity contribution < 1.29 is 4.79 Å². The summed E-state index contributed by atoms with van der Waals surface area (Å²) in [7, 11) is 3.20. The fourth-order valence-corrected chi connectivity index (χ4v) is 0.489. The highest BCUT2D eigenvalue weighted by atomic mass is 16.2. The number of nitrogens with zero attached hydrogens (tertiary/aromatic N) is 1. The van der Waals surface area contributed by atoms with E-state index in [-0.39, 0.29) is 0 Å². The Hall–Kier alpha value is -0.990. The molecule has 0 saturated carbocycles. The molecule has 0 aromatic rings. The number of primary amides is 1. The molecule has 92 valence electrons. The molecule has 0 heterocycles. The number of allylic oxidation sites excluding steroid dienone is 2. The van der Waals surface area contributed by atoms with Crippen molar-refractivity contribution in [1.82, 2.24) is 4.90 Å². The molecule has 0 aliphatic heterocycles. The Morgan fingerprint density at radius 1 is 1.33 bits per heavy atom. The van der Waals surface area contributed by atoms with Crippen LogP contribution in [-0.2, 0) is 0 Å². The van der Waals surface area contributed by atoms with Gasteiger partial charge in [-0.15, -0.1) is 0 Å². The van der Waals surface area contributed by atoms with Crippen molar-refractivity contribution in [2.75, 3.05) is 14.1 Å². The molecule has 2 N–H and O–H groups in total. The predicted octanol–water partition coefficient (Wildman–Crippen LogP) is 3.41. The van der Waals surface area contributed by atoms with Crippen LogP contribution in [0.3, 0.4) is 0 Å². The van der Waals surface area contributed by atoms with E-state index in [0.717, 1.165) is 0 Å². The van der Waals surface area contributed by atoms with Crippen molar-refractivity contribution in [3.8, 4) is 0 Å². The van der Waals surface area contributed by atoms with Crippen molar-refractivity contribution in [3.05, 3.63) is 12.2 Å². The van der Waals surface area contributed by atoms with E-state index in [4.69, 9.17) is 5.73 Å². The van der Waals surface area contributed by atoms with Crippen LogP contribution in [0.25, 0.3) is 0 Å². The minimum absolute atomic E-state index is 0.407. The third kappa shape index (κ3) is 32.1. The molecule has 0 unspecified atom stereocenters. The van der Waals surface area contributed by atoms with Gasteiger partial charge in [0.15, 0.2) is 0 Å². The summed E-state index contributed by atoms with van der Waals surface area (Å²) in [5.74, 6) is 0. The minimum Gasteiger partial charge on any atom is -0.352 e. The zero-order chi connectivity index (χ0) is 12.7. The highest BCUT2D eigenvalue weighted by Crippen LogP contribution is 1.93. The Morgan fingerprint density at radius 2 is 1.73 bits per heavy atom. The van der Waals surface area contributed by atoms with Crippen molar-refractivity contribution >= 4 is 6.03 Å². The highest BCUT2D eigenvalue weighted by Gasteiger charge is 1.88. The average molecular weight is 216 g/mol. The quantitative estimate of drug-likeness (QED) is 0.570. The molecule has 0 aliphatic carbocycles. The smallest absolute Gasteiger partial charge is 0.314 e. The van der Waals surface area contributed by atoms with Crippen LogP contribution in [-0.4, -0.2) is 25.0 Å². The van der Waals surface area contributed by atoms with Crippen LogP contribution in [0.1, 0.15) is 47.0 Å². The number of hydrogen-bond acceptors (Lipinski definition) is 1. The first kappa shape index (κ1) is 19.6. The third-order valence-corrected chi connectivity index (χ3v) is 1.40. The monoisotopic (exact) mass is 216 g/mol. The Balaban J connectivity index is -0.000000166. The van der Waals surface area contributed by atoms with E-state index in [1.165, 1.54) is 24.2 Å². The lowest BCUT2D eigenvalue weighted by Gasteiger charge is -2.01. The number of urea groups is 1. The Morgan fingerprint density at radius 3 is 1.93 bits per heavy atom. The first-order valence-electron chi connectivity index (χ1n) is 5.64. The summed E-state index contributed by atoms with van der Waals surface area (Å²) in [5.41, 5.74) is 4.72. The van der Waals surface area contributed by atoms with E-state index in [0.29, 0.717) is 0 Å². The van der Waals surface area contributed by atoms with Crippen LogP contribution in [0.5, 0.6) is 0 Å². The SMILES string of the molecule is C/C=C/CCCC.CC.CN(C)C(N)=O. The molecule has 0 spiro atoms. The summed E-state index contributed by atoms with van der Waals surface area (Å²) in [6.45, 7) is 8.28. The molecule has 0 fully saturated rings. The number of amides is 2. The molecular formula is C12H28N2O. The lowest BCUT2D eigenvalue weighted by Crippen LogP contribution is -2.27. The van der Waals surface area contributed by atoms with E-state index in [1.54, 1.807) is 14.1 Å². The summed E-state index contributed by atoms with van der Waals surface area (Å²) in [5, 5.41) is 0. The van der Waals surface area contributed by atoms with Crippen LogP contribution in [0.2, 0.25) is 0 Å². The summed E-state index contributed by atoms with van der Waals surface area (Å²) in [4.78, 5) is 11.2. The van der Waals surface area contributed by atoms with Gasteiger partial charge < -0.3 is 10.6 Å². The van der Waals surface area contributed by atoms with Crippen molar-refractivity contribution in [2.24, 2.45) is 5.73 Å². The van der Waals surface area contributed by atoms with Crippen molar-refractivity contribution in [1.29, 1.82) is 0 Å². The molecule has 0 aromatic heterocycles. The van der Waals surface area contributed by atoms with E-state index in [2.05, 4.69) is 26.0 Å². The molecule has 15 heavy (non-hydrogen) atoms. The summed E-state index contributed by atoms with van der Waals surface area (Å²) >= 11 is 0. The topological polar surface area (TPSA) is 46.3 Å². The van der Waals surface area contributed by atoms with Gasteiger partial charge in [0.2, 0.25) is 0 Å². The number of carbonyl (C=O) groups excluding carboxylic acids is 1. The van der Waals surface area contributed by atoms with E-state index < -0.39 is 6.03 Å². The fourth-order valence-electron chi connectivity index (χ4n) is 0.489. The first-order valence-corrected chi connectivity index (χ1v) is 5.64. The van der Waals surface area contributed by atoms with E-state index >= 15 is 0 Å². The second kappa shape index (κ2) is 18.7. The van der Waals surface area contributed by atoms with Crippen LogP contribution >= 0.6 is 0 Å². The molecule has 0 bridgehead atoms. The molecule has 3 heteroatoms. The maximum absolute atomic E-state index is 9.85. The summed E-state index contributed by atoms with van der Waals surface area (Å²) < 4.78 is 0. The lowest BCUT2D eigenvalue weighted by molar-refractivity contribution is 0.227. The van der Waals surface area contributed by atoms with Crippen LogP contribution in [0, 0.1) is 0 Å².